The average molecular weight is 767 g/mol. The number of aliphatic hydroxyl groups excluding tert-OH is 4. The van der Waals surface area contributed by atoms with E-state index in [1.54, 1.807) is 0 Å². The third-order valence-electron chi connectivity index (χ3n) is 9.16. The minimum Gasteiger partial charge on any atom is -0.462 e. The summed E-state index contributed by atoms with van der Waals surface area (Å²) in [6.07, 6.45) is 20.7. The van der Waals surface area contributed by atoms with Gasteiger partial charge in [-0.1, -0.05) is 129 Å². The molecule has 5 N–H and O–H groups in total. The highest BCUT2D eigenvalue weighted by Crippen LogP contribution is 2.43. The van der Waals surface area contributed by atoms with Crippen molar-refractivity contribution in [3.63, 3.8) is 0 Å². The molecular formula is C39H75O12P. The highest BCUT2D eigenvalue weighted by atomic mass is 31.2. The number of phosphoric ester groups is 1. The molecule has 0 aliphatic heterocycles. The number of aliphatic hydroxyl groups is 4. The summed E-state index contributed by atoms with van der Waals surface area (Å²) < 4.78 is 32.5. The zero-order valence-electron chi connectivity index (χ0n) is 32.7. The number of phosphoric acid groups is 1. The number of hydrogen-bond acceptors (Lipinski definition) is 11. The Balaban J connectivity index is 4.47. The molecule has 0 aromatic rings. The summed E-state index contributed by atoms with van der Waals surface area (Å²) in [6.45, 7) is 4.44. The van der Waals surface area contributed by atoms with Gasteiger partial charge in [-0.05, 0) is 44.4 Å². The van der Waals surface area contributed by atoms with Crippen LogP contribution in [0.5, 0.6) is 0 Å². The van der Waals surface area contributed by atoms with Crippen molar-refractivity contribution in [1.82, 2.24) is 0 Å². The van der Waals surface area contributed by atoms with Crippen LogP contribution in [0.1, 0.15) is 168 Å². The minimum atomic E-state index is -4.65. The molecule has 0 spiro atoms. The lowest BCUT2D eigenvalue weighted by molar-refractivity contribution is -0.161. The summed E-state index contributed by atoms with van der Waals surface area (Å²) in [6, 6.07) is 0. The number of hydrogen-bond donors (Lipinski definition) is 5. The molecule has 13 heteroatoms. The third-order valence-corrected chi connectivity index (χ3v) is 10.1. The van der Waals surface area contributed by atoms with Crippen molar-refractivity contribution in [2.45, 2.75) is 193 Å². The smallest absolute Gasteiger partial charge is 0.462 e. The van der Waals surface area contributed by atoms with Crippen molar-refractivity contribution < 1.29 is 58.0 Å². The molecule has 0 saturated carbocycles. The number of carbonyl (C=O) groups excluding carboxylic acids is 2. The fourth-order valence-corrected chi connectivity index (χ4v) is 6.25. The molecule has 0 rings (SSSR count). The quantitative estimate of drug-likeness (QED) is 0.0178. The van der Waals surface area contributed by atoms with E-state index in [-0.39, 0.29) is 19.4 Å². The summed E-state index contributed by atoms with van der Waals surface area (Å²) in [5.41, 5.74) is 0. The summed E-state index contributed by atoms with van der Waals surface area (Å²) in [5, 5.41) is 38.7. The van der Waals surface area contributed by atoms with E-state index in [0.717, 1.165) is 63.7 Å². The first-order valence-electron chi connectivity index (χ1n) is 20.2. The van der Waals surface area contributed by atoms with E-state index in [2.05, 4.69) is 31.4 Å². The maximum absolute atomic E-state index is 12.6. The molecule has 0 saturated heterocycles. The molecular weight excluding hydrogens is 691 g/mol. The second kappa shape index (κ2) is 34.1. The van der Waals surface area contributed by atoms with E-state index in [1.807, 2.05) is 6.08 Å². The van der Waals surface area contributed by atoms with Gasteiger partial charge in [-0.3, -0.25) is 18.6 Å². The van der Waals surface area contributed by atoms with Gasteiger partial charge in [0, 0.05) is 12.8 Å². The fourth-order valence-electron chi connectivity index (χ4n) is 5.46. The van der Waals surface area contributed by atoms with Crippen LogP contribution in [0.2, 0.25) is 0 Å². The van der Waals surface area contributed by atoms with Crippen LogP contribution in [-0.2, 0) is 32.7 Å². The van der Waals surface area contributed by atoms with Crippen molar-refractivity contribution >= 4 is 19.8 Å². The van der Waals surface area contributed by atoms with Crippen LogP contribution in [0.15, 0.2) is 12.2 Å². The van der Waals surface area contributed by atoms with Gasteiger partial charge in [0.1, 0.15) is 12.7 Å². The number of carbonyl (C=O) groups is 2. The lowest BCUT2D eigenvalue weighted by Crippen LogP contribution is -2.29. The average Bonchev–Trinajstić information content (AvgIpc) is 3.13. The van der Waals surface area contributed by atoms with Crippen LogP contribution in [0.4, 0.5) is 0 Å². The van der Waals surface area contributed by atoms with Crippen LogP contribution in [0.3, 0.4) is 0 Å². The van der Waals surface area contributed by atoms with Crippen molar-refractivity contribution in [2.24, 2.45) is 5.92 Å². The number of allylic oxidation sites excluding steroid dienone is 1. The standard InChI is InChI=1S/C39H75O12P/c1-4-6-7-8-15-20-25-36(42)37(43)26-21-16-13-18-23-28-39(45)51-35(32-50-52(46,47)49-30-34(41)29-40)31-48-38(44)27-22-17-12-10-9-11-14-19-24-33(3)5-2/h15,20,33-37,40-43H,4-14,16-19,21-32H2,1-3H3,(H,46,47)/b20-15-/t33?,34-,35+,36-,37-/m0/s1. The molecule has 0 aliphatic carbocycles. The Morgan fingerprint density at radius 1 is 0.673 bits per heavy atom. The van der Waals surface area contributed by atoms with Crippen molar-refractivity contribution in [1.29, 1.82) is 0 Å². The van der Waals surface area contributed by atoms with Crippen LogP contribution < -0.4 is 0 Å². The largest absolute Gasteiger partial charge is 0.472 e. The molecule has 0 radical (unpaired) electrons. The summed E-state index contributed by atoms with van der Waals surface area (Å²) >= 11 is 0. The minimum absolute atomic E-state index is 0.0875. The molecule has 0 heterocycles. The summed E-state index contributed by atoms with van der Waals surface area (Å²) in [7, 11) is -4.65. The highest BCUT2D eigenvalue weighted by Gasteiger charge is 2.27. The van der Waals surface area contributed by atoms with E-state index in [9.17, 15) is 34.4 Å². The molecule has 0 aromatic carbocycles. The van der Waals surface area contributed by atoms with Gasteiger partial charge in [-0.25, -0.2) is 4.57 Å². The topological polar surface area (TPSA) is 189 Å². The molecule has 52 heavy (non-hydrogen) atoms. The number of rotatable bonds is 37. The first kappa shape index (κ1) is 50.6. The van der Waals surface area contributed by atoms with Gasteiger partial charge in [-0.15, -0.1) is 0 Å². The van der Waals surface area contributed by atoms with Gasteiger partial charge in [0.2, 0.25) is 0 Å². The van der Waals surface area contributed by atoms with Gasteiger partial charge < -0.3 is 34.8 Å². The molecule has 0 fully saturated rings. The van der Waals surface area contributed by atoms with Gasteiger partial charge in [0.25, 0.3) is 0 Å². The van der Waals surface area contributed by atoms with E-state index < -0.39 is 64.0 Å². The first-order valence-corrected chi connectivity index (χ1v) is 21.7. The number of ether oxygens (including phenoxy) is 2. The zero-order valence-corrected chi connectivity index (χ0v) is 33.6. The molecule has 6 atom stereocenters. The fraction of sp³-hybridized carbons (Fsp3) is 0.897. The molecule has 0 amide bonds. The SMILES string of the molecule is CCCCC/C=C\C[C@H](O)[C@@H](O)CCCCCCCC(=O)O[C@H](COC(=O)CCCCCCCCCCC(C)CC)COP(=O)(O)OC[C@@H](O)CO. The predicted octanol–water partition coefficient (Wildman–Crippen LogP) is 7.85. The molecule has 0 aromatic heterocycles. The summed E-state index contributed by atoms with van der Waals surface area (Å²) in [4.78, 5) is 34.9. The van der Waals surface area contributed by atoms with E-state index in [0.29, 0.717) is 25.7 Å². The third kappa shape index (κ3) is 32.1. The molecule has 2 unspecified atom stereocenters. The Labute approximate surface area is 314 Å². The van der Waals surface area contributed by atoms with Crippen LogP contribution >= 0.6 is 7.82 Å². The highest BCUT2D eigenvalue weighted by molar-refractivity contribution is 7.47. The molecule has 0 bridgehead atoms. The maximum atomic E-state index is 12.6. The van der Waals surface area contributed by atoms with Crippen LogP contribution in [-0.4, -0.2) is 88.1 Å². The second-order valence-corrected chi connectivity index (χ2v) is 15.7. The first-order chi connectivity index (χ1) is 24.9. The lowest BCUT2D eigenvalue weighted by atomic mass is 9.99. The molecule has 12 nitrogen and oxygen atoms in total. The van der Waals surface area contributed by atoms with Gasteiger partial charge in [0.05, 0.1) is 32.0 Å². The Bertz CT molecular complexity index is 933. The van der Waals surface area contributed by atoms with Crippen LogP contribution in [0, 0.1) is 5.92 Å². The normalized spacial score (nSPS) is 15.9. The van der Waals surface area contributed by atoms with Crippen molar-refractivity contribution in [3.05, 3.63) is 12.2 Å². The number of esters is 2. The zero-order chi connectivity index (χ0) is 38.9. The second-order valence-electron chi connectivity index (χ2n) is 14.2. The predicted molar refractivity (Wildman–Crippen MR) is 204 cm³/mol. The van der Waals surface area contributed by atoms with Crippen molar-refractivity contribution in [2.75, 3.05) is 26.4 Å². The maximum Gasteiger partial charge on any atom is 0.472 e. The summed E-state index contributed by atoms with van der Waals surface area (Å²) in [5.74, 6) is -0.233. The Morgan fingerprint density at radius 2 is 1.23 bits per heavy atom. The molecule has 0 aliphatic rings. The van der Waals surface area contributed by atoms with E-state index in [1.165, 1.54) is 51.4 Å². The van der Waals surface area contributed by atoms with Gasteiger partial charge in [0.15, 0.2) is 6.10 Å². The van der Waals surface area contributed by atoms with Crippen LogP contribution in [0.25, 0.3) is 0 Å². The molecule has 308 valence electrons. The van der Waals surface area contributed by atoms with E-state index in [4.69, 9.17) is 19.1 Å². The number of unbranched alkanes of at least 4 members (excludes halogenated alkanes) is 14. The Kier molecular flexibility index (Phi) is 33.2. The van der Waals surface area contributed by atoms with Gasteiger partial charge >= 0.3 is 19.8 Å². The van der Waals surface area contributed by atoms with Gasteiger partial charge in [-0.2, -0.15) is 0 Å². The van der Waals surface area contributed by atoms with Crippen molar-refractivity contribution in [3.8, 4) is 0 Å². The lowest BCUT2D eigenvalue weighted by Gasteiger charge is -2.20. The Morgan fingerprint density at radius 3 is 1.83 bits per heavy atom. The van der Waals surface area contributed by atoms with E-state index >= 15 is 0 Å². The Hall–Kier alpha value is -1.37. The monoisotopic (exact) mass is 766 g/mol.